The molecule has 0 saturated heterocycles. The minimum absolute atomic E-state index is 0.0435. The predicted molar refractivity (Wildman–Crippen MR) is 231 cm³/mol. The summed E-state index contributed by atoms with van der Waals surface area (Å²) in [5.41, 5.74) is 5.42. The average molecular weight is 849 g/mol. The van der Waals surface area contributed by atoms with Crippen LogP contribution in [0.2, 0.25) is 0 Å². The van der Waals surface area contributed by atoms with Crippen LogP contribution in [0.3, 0.4) is 0 Å². The number of methoxy groups -OCH3 is 4. The number of aromatic hydroxyl groups is 4. The Morgan fingerprint density at radius 1 is 0.323 bits per heavy atom. The Hall–Kier alpha value is -7.16. The molecule has 0 spiro atoms. The van der Waals surface area contributed by atoms with Crippen LogP contribution in [0.1, 0.15) is 0 Å². The van der Waals surface area contributed by atoms with Crippen molar-refractivity contribution in [1.82, 2.24) is 0 Å². The van der Waals surface area contributed by atoms with Gasteiger partial charge in [0.25, 0.3) is 0 Å². The van der Waals surface area contributed by atoms with Gasteiger partial charge in [-0.05, 0) is 117 Å². The normalized spacial score (nSPS) is 13.6. The van der Waals surface area contributed by atoms with E-state index in [4.69, 9.17) is 47.4 Å². The highest BCUT2D eigenvalue weighted by atomic mass is 16.6. The maximum atomic E-state index is 10.7. The Bertz CT molecular complexity index is 2160. The van der Waals surface area contributed by atoms with Crippen LogP contribution in [0.4, 0.5) is 0 Å². The number of phenolic OH excluding ortho intramolecular Hbond substituents is 4. The quantitative estimate of drug-likeness (QED) is 0.115. The van der Waals surface area contributed by atoms with E-state index in [1.54, 1.807) is 48.5 Å². The van der Waals surface area contributed by atoms with Crippen molar-refractivity contribution in [2.24, 2.45) is 0 Å². The van der Waals surface area contributed by atoms with Gasteiger partial charge in [-0.15, -0.1) is 0 Å². The maximum absolute atomic E-state index is 10.7. The van der Waals surface area contributed by atoms with Gasteiger partial charge in [-0.1, -0.05) is 24.3 Å². The van der Waals surface area contributed by atoms with Crippen LogP contribution >= 0.6 is 0 Å². The minimum Gasteiger partial charge on any atom is -0.504 e. The van der Waals surface area contributed by atoms with Crippen molar-refractivity contribution in [2.45, 2.75) is 0 Å². The number of rotatable bonds is 8. The molecule has 1 heterocycles. The summed E-state index contributed by atoms with van der Waals surface area (Å²) in [4.78, 5) is 0. The van der Waals surface area contributed by atoms with E-state index in [1.165, 1.54) is 28.4 Å². The molecule has 0 saturated carbocycles. The summed E-state index contributed by atoms with van der Waals surface area (Å²) in [5.74, 6) is 2.80. The summed E-state index contributed by atoms with van der Waals surface area (Å²) in [7, 11) is 5.92. The lowest BCUT2D eigenvalue weighted by atomic mass is 9.93. The standard InChI is InChI=1S/C48H48O14/c1-53-41-9-5-29(21-37(41)49)33-25-45-46(26-34(33)30-6-10-42(54-2)38(50)22-30)60-18-14-58-16-20-62-48-28-36(32-8-12-44(56-4)40(52)24-32)35(31-7-11-43(55-3)39(51)23-31)27-47(48)61-19-15-57-13-17-59-45/h5-12,21-28,49-52H,13-20H2,1-4H3. The largest absolute Gasteiger partial charge is 0.504 e. The summed E-state index contributed by atoms with van der Waals surface area (Å²) in [5, 5.41) is 42.9. The summed E-state index contributed by atoms with van der Waals surface area (Å²) < 4.78 is 58.2. The first-order chi connectivity index (χ1) is 30.2. The van der Waals surface area contributed by atoms with Gasteiger partial charge >= 0.3 is 0 Å². The molecule has 0 aromatic heterocycles. The third-order valence-electron chi connectivity index (χ3n) is 10.1. The molecule has 0 bridgehead atoms. The van der Waals surface area contributed by atoms with Gasteiger partial charge in [0.15, 0.2) is 69.0 Å². The molecule has 324 valence electrons. The van der Waals surface area contributed by atoms with Gasteiger partial charge in [0.1, 0.15) is 26.4 Å². The lowest BCUT2D eigenvalue weighted by Crippen LogP contribution is -2.15. The van der Waals surface area contributed by atoms with Gasteiger partial charge in [-0.3, -0.25) is 0 Å². The van der Waals surface area contributed by atoms with E-state index in [1.807, 2.05) is 48.5 Å². The zero-order valence-electron chi connectivity index (χ0n) is 34.8. The zero-order valence-corrected chi connectivity index (χ0v) is 34.8. The van der Waals surface area contributed by atoms with Crippen LogP contribution in [0.25, 0.3) is 44.5 Å². The topological polar surface area (TPSA) is 173 Å². The maximum Gasteiger partial charge on any atom is 0.161 e. The fourth-order valence-corrected chi connectivity index (χ4v) is 7.00. The van der Waals surface area contributed by atoms with Crippen LogP contribution in [-0.2, 0) is 9.47 Å². The molecule has 62 heavy (non-hydrogen) atoms. The first-order valence-corrected chi connectivity index (χ1v) is 19.7. The molecule has 0 atom stereocenters. The van der Waals surface area contributed by atoms with Crippen LogP contribution in [0.15, 0.2) is 97.1 Å². The van der Waals surface area contributed by atoms with Crippen LogP contribution in [-0.4, -0.2) is 102 Å². The summed E-state index contributed by atoms with van der Waals surface area (Å²) >= 11 is 0. The highest BCUT2D eigenvalue weighted by Crippen LogP contribution is 2.46. The second kappa shape index (κ2) is 19.9. The van der Waals surface area contributed by atoms with E-state index in [9.17, 15) is 20.4 Å². The smallest absolute Gasteiger partial charge is 0.161 e. The zero-order chi connectivity index (χ0) is 43.6. The molecule has 6 aromatic rings. The summed E-state index contributed by atoms with van der Waals surface area (Å²) in [6.45, 7) is 1.46. The third-order valence-corrected chi connectivity index (χ3v) is 10.1. The number of hydrogen-bond donors (Lipinski definition) is 4. The molecular formula is C48H48O14. The number of ether oxygens (including phenoxy) is 10. The molecular weight excluding hydrogens is 801 g/mol. The number of hydrogen-bond acceptors (Lipinski definition) is 14. The fourth-order valence-electron chi connectivity index (χ4n) is 7.00. The first-order valence-electron chi connectivity index (χ1n) is 19.7. The van der Waals surface area contributed by atoms with E-state index in [0.717, 1.165) is 0 Å². The summed E-state index contributed by atoms with van der Waals surface area (Å²) in [6.07, 6.45) is 0. The lowest BCUT2D eigenvalue weighted by Gasteiger charge is -2.20. The van der Waals surface area contributed by atoms with Gasteiger partial charge in [0.05, 0.1) is 54.9 Å². The number of fused-ring (bicyclic) bond motifs is 2. The van der Waals surface area contributed by atoms with Gasteiger partial charge in [-0.2, -0.15) is 0 Å². The van der Waals surface area contributed by atoms with E-state index >= 15 is 0 Å². The molecule has 7 rings (SSSR count). The Labute approximate surface area is 358 Å². The average Bonchev–Trinajstić information content (AvgIpc) is 3.28. The second-order valence-corrected chi connectivity index (χ2v) is 13.9. The third kappa shape index (κ3) is 9.72. The Morgan fingerprint density at radius 3 is 0.742 bits per heavy atom. The Kier molecular flexibility index (Phi) is 13.8. The summed E-state index contributed by atoms with van der Waals surface area (Å²) in [6, 6.07) is 27.6. The predicted octanol–water partition coefficient (Wildman–Crippen LogP) is 8.47. The molecule has 0 aliphatic carbocycles. The molecule has 6 aromatic carbocycles. The van der Waals surface area contributed by atoms with Crippen molar-refractivity contribution < 1.29 is 67.8 Å². The van der Waals surface area contributed by atoms with Crippen molar-refractivity contribution >= 4 is 0 Å². The highest BCUT2D eigenvalue weighted by Gasteiger charge is 2.21. The Morgan fingerprint density at radius 2 is 0.548 bits per heavy atom. The van der Waals surface area contributed by atoms with Crippen molar-refractivity contribution in [3.63, 3.8) is 0 Å². The van der Waals surface area contributed by atoms with E-state index in [0.29, 0.717) is 90.5 Å². The SMILES string of the molecule is COc1ccc(-c2cc3c(cc2-c2ccc(OC)c(O)c2)OCCOCCOc2cc(-c4ccc(OC)c(O)c4)c(-c4ccc(OC)c(O)c4)cc2OCCOCCO3)cc1O. The van der Waals surface area contributed by atoms with Crippen LogP contribution in [0.5, 0.6) is 69.0 Å². The molecule has 14 nitrogen and oxygen atoms in total. The minimum atomic E-state index is -0.0435. The first kappa shape index (κ1) is 42.9. The van der Waals surface area contributed by atoms with Crippen molar-refractivity contribution in [3.05, 3.63) is 97.1 Å². The van der Waals surface area contributed by atoms with Crippen molar-refractivity contribution in [3.8, 4) is 114 Å². The molecule has 4 N–H and O–H groups in total. The van der Waals surface area contributed by atoms with Gasteiger partial charge in [0.2, 0.25) is 0 Å². The highest BCUT2D eigenvalue weighted by molar-refractivity contribution is 5.89. The molecule has 0 fully saturated rings. The number of benzene rings is 6. The van der Waals surface area contributed by atoms with Crippen molar-refractivity contribution in [2.75, 3.05) is 81.3 Å². The van der Waals surface area contributed by atoms with Crippen LogP contribution < -0.4 is 37.9 Å². The molecule has 1 aliphatic heterocycles. The monoisotopic (exact) mass is 848 g/mol. The molecule has 0 radical (unpaired) electrons. The molecule has 0 amide bonds. The fraction of sp³-hybridized carbons (Fsp3) is 0.250. The van der Waals surface area contributed by atoms with E-state index in [-0.39, 0.29) is 75.9 Å². The van der Waals surface area contributed by atoms with Crippen LogP contribution in [0, 0.1) is 0 Å². The van der Waals surface area contributed by atoms with Crippen molar-refractivity contribution in [1.29, 1.82) is 0 Å². The van der Waals surface area contributed by atoms with Gasteiger partial charge < -0.3 is 67.8 Å². The Balaban J connectivity index is 1.17. The number of phenols is 4. The second-order valence-electron chi connectivity index (χ2n) is 13.9. The lowest BCUT2D eigenvalue weighted by molar-refractivity contribution is 0.0641. The van der Waals surface area contributed by atoms with E-state index in [2.05, 4.69) is 0 Å². The van der Waals surface area contributed by atoms with Gasteiger partial charge in [-0.25, -0.2) is 0 Å². The molecule has 1 aliphatic rings. The molecule has 0 unspecified atom stereocenters. The molecule has 14 heteroatoms. The van der Waals surface area contributed by atoms with Gasteiger partial charge in [0, 0.05) is 0 Å². The van der Waals surface area contributed by atoms with E-state index < -0.39 is 0 Å².